The summed E-state index contributed by atoms with van der Waals surface area (Å²) in [4.78, 5) is 23.5. The number of rotatable bonds is 6. The quantitative estimate of drug-likeness (QED) is 0.367. The predicted molar refractivity (Wildman–Crippen MR) is 125 cm³/mol. The number of fused-ring (bicyclic) bond motifs is 1. The molecule has 0 aliphatic rings. The fourth-order valence-corrected chi connectivity index (χ4v) is 4.11. The molecule has 0 aliphatic heterocycles. The van der Waals surface area contributed by atoms with E-state index < -0.39 is 16.0 Å². The van der Waals surface area contributed by atoms with Crippen molar-refractivity contribution in [3.63, 3.8) is 0 Å². The normalized spacial score (nSPS) is 10.9. The molecule has 0 fully saturated rings. The third kappa shape index (κ3) is 4.90. The number of methoxy groups -OCH3 is 1. The number of nitrogens with zero attached hydrogens (tertiary/aromatic N) is 3. The van der Waals surface area contributed by atoms with Crippen molar-refractivity contribution in [2.75, 3.05) is 17.6 Å². The molecular formula is C21H18LiN5O5S. The summed E-state index contributed by atoms with van der Waals surface area (Å²) in [5.74, 6) is -1.17. The average Bonchev–Trinajstić information content (AvgIpc) is 2.78. The number of nitrogens with one attached hydrogen (secondary N) is 1. The van der Waals surface area contributed by atoms with Crippen molar-refractivity contribution in [1.82, 2.24) is 15.0 Å². The van der Waals surface area contributed by atoms with Crippen LogP contribution in [0, 0.1) is 0 Å². The number of aromatic carboxylic acids is 1. The molecule has 10 nitrogen and oxygen atoms in total. The maximum absolute atomic E-state index is 12.7. The number of sulfonamides is 1. The van der Waals surface area contributed by atoms with Gasteiger partial charge in [0.25, 0.3) is 10.0 Å². The second kappa shape index (κ2) is 9.46. The molecule has 164 valence electrons. The number of carboxylic acids is 1. The summed E-state index contributed by atoms with van der Waals surface area (Å²) in [5.41, 5.74) is 7.50. The number of nitrogens with two attached hydrogens (primary N) is 1. The van der Waals surface area contributed by atoms with Gasteiger partial charge in [0.2, 0.25) is 5.88 Å². The van der Waals surface area contributed by atoms with Gasteiger partial charge in [-0.05, 0) is 42.0 Å². The summed E-state index contributed by atoms with van der Waals surface area (Å²) in [7, 11) is -2.54. The first-order valence-electron chi connectivity index (χ1n) is 9.19. The van der Waals surface area contributed by atoms with Gasteiger partial charge in [-0.25, -0.2) is 23.2 Å². The molecule has 0 atom stereocenters. The van der Waals surface area contributed by atoms with E-state index in [1.165, 1.54) is 43.9 Å². The van der Waals surface area contributed by atoms with Crippen LogP contribution in [0.15, 0.2) is 66.0 Å². The second-order valence-electron chi connectivity index (χ2n) is 6.71. The molecule has 0 radical (unpaired) electrons. The number of carbonyl (C=O) groups is 1. The number of aromatic nitrogens is 3. The Balaban J connectivity index is 0.00000306. The summed E-state index contributed by atoms with van der Waals surface area (Å²) in [6.07, 6.45) is 4.22. The second-order valence-corrected chi connectivity index (χ2v) is 8.39. The Morgan fingerprint density at radius 3 is 2.58 bits per heavy atom. The van der Waals surface area contributed by atoms with Crippen molar-refractivity contribution in [2.24, 2.45) is 0 Å². The van der Waals surface area contributed by atoms with Crippen LogP contribution in [-0.2, 0) is 10.0 Å². The zero-order chi connectivity index (χ0) is 22.9. The van der Waals surface area contributed by atoms with E-state index >= 15 is 0 Å². The van der Waals surface area contributed by atoms with E-state index in [0.29, 0.717) is 22.0 Å². The van der Waals surface area contributed by atoms with Crippen LogP contribution in [0.1, 0.15) is 10.4 Å². The molecule has 0 amide bonds. The van der Waals surface area contributed by atoms with Crippen LogP contribution in [-0.4, -0.2) is 60.4 Å². The maximum atomic E-state index is 12.7. The average molecular weight is 459 g/mol. The monoisotopic (exact) mass is 459 g/mol. The van der Waals surface area contributed by atoms with E-state index in [4.69, 9.17) is 10.5 Å². The van der Waals surface area contributed by atoms with E-state index in [9.17, 15) is 18.3 Å². The minimum absolute atomic E-state index is 0. The van der Waals surface area contributed by atoms with Crippen molar-refractivity contribution in [3.8, 4) is 17.0 Å². The van der Waals surface area contributed by atoms with E-state index in [1.54, 1.807) is 24.3 Å². The number of anilines is 2. The Kier molecular flexibility index (Phi) is 6.88. The van der Waals surface area contributed by atoms with E-state index in [1.807, 2.05) is 0 Å². The fourth-order valence-electron chi connectivity index (χ4n) is 3.10. The van der Waals surface area contributed by atoms with Gasteiger partial charge in [0.15, 0.2) is 0 Å². The van der Waals surface area contributed by atoms with E-state index in [-0.39, 0.29) is 46.7 Å². The van der Waals surface area contributed by atoms with Crippen molar-refractivity contribution >= 4 is 57.3 Å². The van der Waals surface area contributed by atoms with Crippen LogP contribution < -0.4 is 15.2 Å². The Bertz CT molecular complexity index is 1450. The van der Waals surface area contributed by atoms with Gasteiger partial charge in [-0.3, -0.25) is 9.71 Å². The Morgan fingerprint density at radius 2 is 1.91 bits per heavy atom. The molecule has 0 aliphatic carbocycles. The van der Waals surface area contributed by atoms with Crippen molar-refractivity contribution < 1.29 is 23.1 Å². The van der Waals surface area contributed by atoms with Gasteiger partial charge < -0.3 is 15.6 Å². The van der Waals surface area contributed by atoms with Gasteiger partial charge in [0.1, 0.15) is 22.0 Å². The molecule has 4 aromatic rings. The zero-order valence-electron chi connectivity index (χ0n) is 16.7. The molecule has 3 heterocycles. The van der Waals surface area contributed by atoms with Gasteiger partial charge in [0.05, 0.1) is 12.6 Å². The Hall–Kier alpha value is -3.65. The summed E-state index contributed by atoms with van der Waals surface area (Å²) < 4.78 is 33.1. The van der Waals surface area contributed by atoms with Crippen molar-refractivity contribution in [2.45, 2.75) is 4.90 Å². The summed E-state index contributed by atoms with van der Waals surface area (Å²) in [5, 5.41) is 9.85. The fraction of sp³-hybridized carbons (Fsp3) is 0.0476. The summed E-state index contributed by atoms with van der Waals surface area (Å²) in [6.45, 7) is 0. The van der Waals surface area contributed by atoms with Crippen LogP contribution in [0.2, 0.25) is 0 Å². The molecule has 4 N–H and O–H groups in total. The SMILES string of the molecule is COc1ncc(-c2ccc3nc(N)c(C(=O)O)cc3c2)cc1NS(=O)(=O)c1cccnc1.[LiH]. The van der Waals surface area contributed by atoms with Gasteiger partial charge in [0, 0.05) is 29.5 Å². The predicted octanol–water partition coefficient (Wildman–Crippen LogP) is 2.13. The van der Waals surface area contributed by atoms with Gasteiger partial charge in [-0.2, -0.15) is 0 Å². The number of nitrogen functional groups attached to an aromatic ring is 1. The molecule has 33 heavy (non-hydrogen) atoms. The molecule has 0 bridgehead atoms. The number of carboxylic acid groups (broad SMARTS) is 1. The molecule has 0 unspecified atom stereocenters. The third-order valence-electron chi connectivity index (χ3n) is 4.64. The number of pyridine rings is 3. The topological polar surface area (TPSA) is 157 Å². The van der Waals surface area contributed by atoms with Gasteiger partial charge in [-0.1, -0.05) is 6.07 Å². The van der Waals surface area contributed by atoms with Crippen LogP contribution in [0.3, 0.4) is 0 Å². The van der Waals surface area contributed by atoms with Crippen LogP contribution in [0.5, 0.6) is 5.88 Å². The number of benzene rings is 1. The Labute approximate surface area is 201 Å². The molecule has 12 heteroatoms. The molecule has 0 saturated heterocycles. The summed E-state index contributed by atoms with van der Waals surface area (Å²) >= 11 is 0. The van der Waals surface area contributed by atoms with Crippen LogP contribution >= 0.6 is 0 Å². The van der Waals surface area contributed by atoms with Crippen LogP contribution in [0.4, 0.5) is 11.5 Å². The van der Waals surface area contributed by atoms with Crippen molar-refractivity contribution in [3.05, 3.63) is 66.6 Å². The van der Waals surface area contributed by atoms with Gasteiger partial charge >= 0.3 is 24.8 Å². The number of hydrogen-bond acceptors (Lipinski definition) is 8. The van der Waals surface area contributed by atoms with Crippen LogP contribution in [0.25, 0.3) is 22.0 Å². The molecular weight excluding hydrogens is 441 g/mol. The van der Waals surface area contributed by atoms with E-state index in [0.717, 1.165) is 0 Å². The first kappa shape index (κ1) is 24.0. The molecule has 1 aromatic carbocycles. The first-order chi connectivity index (χ1) is 15.3. The first-order valence-corrected chi connectivity index (χ1v) is 10.7. The van der Waals surface area contributed by atoms with E-state index in [2.05, 4.69) is 19.7 Å². The molecule has 0 spiro atoms. The standard InChI is InChI=1S/C21H17N5O5S.Li.H/c1-31-20-18(26-32(29,30)15-3-2-6-23-11-15)9-14(10-24-20)12-4-5-17-13(7-12)8-16(21(27)28)19(22)25-17;;/h2-11,26H,1H3,(H2,22,25)(H,27,28);;. The van der Waals surface area contributed by atoms with Crippen molar-refractivity contribution in [1.29, 1.82) is 0 Å². The number of ether oxygens (including phenoxy) is 1. The molecule has 3 aromatic heterocycles. The van der Waals surface area contributed by atoms with Gasteiger partial charge in [-0.15, -0.1) is 0 Å². The Morgan fingerprint density at radius 1 is 1.12 bits per heavy atom. The molecule has 4 rings (SSSR count). The minimum atomic E-state index is -3.92. The third-order valence-corrected chi connectivity index (χ3v) is 5.99. The number of hydrogen-bond donors (Lipinski definition) is 3. The molecule has 0 saturated carbocycles. The summed E-state index contributed by atoms with van der Waals surface area (Å²) in [6, 6.07) is 11.1. The zero-order valence-corrected chi connectivity index (χ0v) is 17.5.